The van der Waals surface area contributed by atoms with E-state index in [9.17, 15) is 8.42 Å². The Morgan fingerprint density at radius 3 is 2.34 bits per heavy atom. The van der Waals surface area contributed by atoms with Gasteiger partial charge in [0.2, 0.25) is 5.88 Å². The summed E-state index contributed by atoms with van der Waals surface area (Å²) in [6.07, 6.45) is 2.61. The van der Waals surface area contributed by atoms with E-state index < -0.39 is 10.1 Å². The van der Waals surface area contributed by atoms with Gasteiger partial charge in [-0.05, 0) is 30.3 Å². The Kier molecular flexibility index (Phi) is 6.29. The summed E-state index contributed by atoms with van der Waals surface area (Å²) in [7, 11) is -0.444. The largest absolute Gasteiger partial charge is 0.491 e. The fraction of sp³-hybridized carbons (Fsp3) is 0.278. The van der Waals surface area contributed by atoms with Gasteiger partial charge in [-0.1, -0.05) is 0 Å². The van der Waals surface area contributed by atoms with E-state index in [2.05, 4.69) is 19.2 Å². The van der Waals surface area contributed by atoms with Crippen LogP contribution in [0.4, 0.5) is 0 Å². The first kappa shape index (κ1) is 20.6. The summed E-state index contributed by atoms with van der Waals surface area (Å²) in [5.41, 5.74) is 1.46. The van der Waals surface area contributed by atoms with Gasteiger partial charge in [0.15, 0.2) is 5.82 Å². The van der Waals surface area contributed by atoms with E-state index in [1.54, 1.807) is 36.2 Å². The molecule has 3 rings (SSSR count). The molecule has 154 valence electrons. The van der Waals surface area contributed by atoms with Crippen molar-refractivity contribution in [3.05, 3.63) is 42.6 Å². The van der Waals surface area contributed by atoms with Gasteiger partial charge in [-0.2, -0.15) is 13.4 Å². The number of aromatic nitrogens is 4. The predicted octanol–water partition coefficient (Wildman–Crippen LogP) is 1.70. The van der Waals surface area contributed by atoms with Gasteiger partial charge in [0, 0.05) is 11.6 Å². The Morgan fingerprint density at radius 1 is 1.00 bits per heavy atom. The molecular weight excluding hydrogens is 400 g/mol. The van der Waals surface area contributed by atoms with E-state index in [0.29, 0.717) is 23.1 Å². The maximum Gasteiger partial charge on any atom is 0.336 e. The van der Waals surface area contributed by atoms with Crippen molar-refractivity contribution in [2.75, 3.05) is 33.7 Å². The molecule has 0 aliphatic rings. The van der Waals surface area contributed by atoms with Gasteiger partial charge < -0.3 is 14.2 Å². The number of nitrogens with zero attached hydrogens (tertiary/aromatic N) is 4. The molecule has 0 radical (unpaired) electrons. The molecule has 3 aromatic rings. The van der Waals surface area contributed by atoms with Crippen LogP contribution in [-0.4, -0.2) is 61.9 Å². The van der Waals surface area contributed by atoms with Crippen molar-refractivity contribution in [1.82, 2.24) is 19.7 Å². The van der Waals surface area contributed by atoms with Crippen molar-refractivity contribution in [1.29, 1.82) is 0 Å². The van der Waals surface area contributed by atoms with Crippen molar-refractivity contribution < 1.29 is 26.8 Å². The molecule has 1 aromatic carbocycles. The predicted molar refractivity (Wildman–Crippen MR) is 104 cm³/mol. The van der Waals surface area contributed by atoms with Gasteiger partial charge in [0.05, 0.1) is 32.4 Å². The Bertz CT molecular complexity index is 1050. The lowest BCUT2D eigenvalue weighted by Crippen LogP contribution is -2.11. The zero-order chi connectivity index (χ0) is 20.9. The second kappa shape index (κ2) is 8.88. The van der Waals surface area contributed by atoms with Crippen molar-refractivity contribution >= 4 is 10.1 Å². The summed E-state index contributed by atoms with van der Waals surface area (Å²) >= 11 is 0. The molecule has 0 aliphatic carbocycles. The van der Waals surface area contributed by atoms with E-state index in [4.69, 9.17) is 14.2 Å². The third-order valence-electron chi connectivity index (χ3n) is 3.71. The molecule has 2 aromatic heterocycles. The molecule has 0 bridgehead atoms. The number of hydrogen-bond acceptors (Lipinski definition) is 9. The second-order valence-corrected chi connectivity index (χ2v) is 7.44. The third kappa shape index (κ3) is 5.42. The molecule has 0 spiro atoms. The minimum atomic E-state index is -3.48. The summed E-state index contributed by atoms with van der Waals surface area (Å²) in [5, 5.41) is 4.33. The van der Waals surface area contributed by atoms with Crippen LogP contribution in [0.3, 0.4) is 0 Å². The summed E-state index contributed by atoms with van der Waals surface area (Å²) in [4.78, 5) is 8.58. The van der Waals surface area contributed by atoms with Crippen LogP contribution >= 0.6 is 0 Å². The van der Waals surface area contributed by atoms with Crippen molar-refractivity contribution in [2.24, 2.45) is 0 Å². The van der Waals surface area contributed by atoms with Gasteiger partial charge in [-0.25, -0.2) is 9.67 Å². The van der Waals surface area contributed by atoms with Crippen molar-refractivity contribution in [3.63, 3.8) is 0 Å². The van der Waals surface area contributed by atoms with E-state index in [-0.39, 0.29) is 19.2 Å². The van der Waals surface area contributed by atoms with Crippen molar-refractivity contribution in [3.8, 4) is 34.7 Å². The normalized spacial score (nSPS) is 11.3. The number of ether oxygens (including phenoxy) is 3. The zero-order valence-electron chi connectivity index (χ0n) is 16.1. The number of rotatable bonds is 9. The van der Waals surface area contributed by atoms with Gasteiger partial charge in [-0.15, -0.1) is 5.10 Å². The standard InChI is InChI=1S/C18H20N4O6S/c1-25-16-9-6-14(12-19-16)22-17(20-18(21-22)26-2)13-4-7-15(8-5-13)27-10-11-28-29(3,23)24/h4-9,12H,10-11H2,1-3H3. The highest BCUT2D eigenvalue weighted by atomic mass is 32.2. The van der Waals surface area contributed by atoms with Crippen molar-refractivity contribution in [2.45, 2.75) is 0 Å². The molecule has 0 aliphatic heterocycles. The quantitative estimate of drug-likeness (QED) is 0.377. The average molecular weight is 420 g/mol. The topological polar surface area (TPSA) is 115 Å². The minimum absolute atomic E-state index is 0.0589. The number of hydrogen-bond donors (Lipinski definition) is 0. The van der Waals surface area contributed by atoms with Crippen LogP contribution in [0.1, 0.15) is 0 Å². The van der Waals surface area contributed by atoms with Crippen LogP contribution in [0.25, 0.3) is 17.1 Å². The Labute approximate surface area is 168 Å². The summed E-state index contributed by atoms with van der Waals surface area (Å²) < 4.78 is 43.9. The SMILES string of the molecule is COc1ccc(-n2nc(OC)nc2-c2ccc(OCCOS(C)(=O)=O)cc2)cn1. The van der Waals surface area contributed by atoms with E-state index in [0.717, 1.165) is 11.8 Å². The van der Waals surface area contributed by atoms with Crippen LogP contribution < -0.4 is 14.2 Å². The first-order valence-corrected chi connectivity index (χ1v) is 10.3. The van der Waals surface area contributed by atoms with Crippen LogP contribution in [0, 0.1) is 0 Å². The first-order chi connectivity index (χ1) is 13.9. The van der Waals surface area contributed by atoms with Gasteiger partial charge in [0.1, 0.15) is 19.0 Å². The summed E-state index contributed by atoms with van der Waals surface area (Å²) in [5.74, 6) is 1.61. The first-order valence-electron chi connectivity index (χ1n) is 8.49. The van der Waals surface area contributed by atoms with E-state index in [1.165, 1.54) is 7.11 Å². The lowest BCUT2D eigenvalue weighted by atomic mass is 10.2. The molecule has 0 saturated carbocycles. The maximum atomic E-state index is 10.9. The minimum Gasteiger partial charge on any atom is -0.491 e. The molecule has 0 unspecified atom stereocenters. The number of methoxy groups -OCH3 is 2. The second-order valence-electron chi connectivity index (χ2n) is 5.79. The smallest absolute Gasteiger partial charge is 0.336 e. The molecule has 0 atom stereocenters. The number of benzene rings is 1. The molecule has 2 heterocycles. The van der Waals surface area contributed by atoms with Gasteiger partial charge in [0.25, 0.3) is 10.1 Å². The summed E-state index contributed by atoms with van der Waals surface area (Å²) in [6.45, 7) is 0.0461. The monoisotopic (exact) mass is 420 g/mol. The van der Waals surface area contributed by atoms with Crippen LogP contribution in [0.5, 0.6) is 17.6 Å². The lowest BCUT2D eigenvalue weighted by Gasteiger charge is -2.08. The Hall–Kier alpha value is -3.18. The highest BCUT2D eigenvalue weighted by molar-refractivity contribution is 7.85. The van der Waals surface area contributed by atoms with Crippen LogP contribution in [-0.2, 0) is 14.3 Å². The lowest BCUT2D eigenvalue weighted by molar-refractivity contribution is 0.222. The molecule has 0 N–H and O–H groups in total. The number of pyridine rings is 1. The summed E-state index contributed by atoms with van der Waals surface area (Å²) in [6, 6.07) is 10.9. The molecule has 0 saturated heterocycles. The van der Waals surface area contributed by atoms with Crippen LogP contribution in [0.2, 0.25) is 0 Å². The molecule has 0 amide bonds. The highest BCUT2D eigenvalue weighted by Crippen LogP contribution is 2.25. The third-order valence-corrected chi connectivity index (χ3v) is 4.30. The fourth-order valence-electron chi connectivity index (χ4n) is 2.41. The molecule has 10 nitrogen and oxygen atoms in total. The fourth-order valence-corrected chi connectivity index (χ4v) is 2.78. The maximum absolute atomic E-state index is 10.9. The molecule has 29 heavy (non-hydrogen) atoms. The van der Waals surface area contributed by atoms with Crippen LogP contribution in [0.15, 0.2) is 42.6 Å². The average Bonchev–Trinajstić information content (AvgIpc) is 3.15. The van der Waals surface area contributed by atoms with E-state index in [1.807, 2.05) is 18.2 Å². The molecular formula is C18H20N4O6S. The zero-order valence-corrected chi connectivity index (χ0v) is 16.9. The molecule has 11 heteroatoms. The Morgan fingerprint density at radius 2 is 1.76 bits per heavy atom. The van der Waals surface area contributed by atoms with Gasteiger partial charge in [-0.3, -0.25) is 4.18 Å². The molecule has 0 fully saturated rings. The highest BCUT2D eigenvalue weighted by Gasteiger charge is 2.15. The Balaban J connectivity index is 1.78. The van der Waals surface area contributed by atoms with Gasteiger partial charge >= 0.3 is 6.01 Å². The van der Waals surface area contributed by atoms with E-state index >= 15 is 0 Å².